The van der Waals surface area contributed by atoms with Crippen molar-refractivity contribution in [3.8, 4) is 11.3 Å². The summed E-state index contributed by atoms with van der Waals surface area (Å²) in [5.41, 5.74) is 5.50. The Morgan fingerprint density at radius 2 is 2.00 bits per heavy atom. The number of hydrogen-bond acceptors (Lipinski definition) is 2. The fourth-order valence-electron chi connectivity index (χ4n) is 3.57. The van der Waals surface area contributed by atoms with Crippen molar-refractivity contribution in [1.82, 2.24) is 9.38 Å². The van der Waals surface area contributed by atoms with Gasteiger partial charge in [-0.15, -0.1) is 0 Å². The number of amides is 1. The summed E-state index contributed by atoms with van der Waals surface area (Å²) < 4.78 is 17.7. The minimum atomic E-state index is -0.249. The van der Waals surface area contributed by atoms with Crippen LogP contribution in [0.5, 0.6) is 0 Å². The average molecular weight is 389 g/mol. The third kappa shape index (κ3) is 3.61. The molecule has 0 aliphatic rings. The van der Waals surface area contributed by atoms with E-state index in [1.54, 1.807) is 31.1 Å². The summed E-state index contributed by atoms with van der Waals surface area (Å²) in [6.07, 6.45) is 6.25. The molecule has 4 aromatic rings. The molecular formula is C23H22FN4O+. The van der Waals surface area contributed by atoms with Gasteiger partial charge >= 0.3 is 5.65 Å². The Labute approximate surface area is 168 Å². The Hall–Kier alpha value is -3.54. The van der Waals surface area contributed by atoms with Gasteiger partial charge in [0.15, 0.2) is 5.69 Å². The van der Waals surface area contributed by atoms with Crippen molar-refractivity contribution in [2.75, 3.05) is 11.9 Å². The molecule has 2 heterocycles. The second-order valence-electron chi connectivity index (χ2n) is 7.13. The standard InChI is InChI=1S/C23H22FN4O/c1-16(29)27(3)20-9-5-7-18(14-20)22-15-26(2)23-21(25-10-11-28(22)23)13-17-6-4-8-19(24)12-17/h4-12,14-15H,13H2,1-3H3/q+1. The smallest absolute Gasteiger partial charge is 0.308 e. The van der Waals surface area contributed by atoms with Crippen molar-refractivity contribution in [1.29, 1.82) is 0 Å². The van der Waals surface area contributed by atoms with E-state index >= 15 is 0 Å². The number of hydrogen-bond donors (Lipinski definition) is 0. The van der Waals surface area contributed by atoms with Crippen LogP contribution in [0.1, 0.15) is 18.2 Å². The molecule has 1 amide bonds. The highest BCUT2D eigenvalue weighted by atomic mass is 19.1. The van der Waals surface area contributed by atoms with E-state index in [4.69, 9.17) is 0 Å². The second-order valence-corrected chi connectivity index (χ2v) is 7.13. The molecule has 0 aliphatic carbocycles. The van der Waals surface area contributed by atoms with Crippen LogP contribution in [-0.2, 0) is 18.3 Å². The topological polar surface area (TPSA) is 41.5 Å². The molecule has 6 heteroatoms. The highest BCUT2D eigenvalue weighted by molar-refractivity contribution is 5.91. The number of nitrogens with zero attached hydrogens (tertiary/aromatic N) is 4. The van der Waals surface area contributed by atoms with Gasteiger partial charge in [0.25, 0.3) is 0 Å². The Morgan fingerprint density at radius 3 is 2.76 bits per heavy atom. The third-order valence-electron chi connectivity index (χ3n) is 5.10. The summed E-state index contributed by atoms with van der Waals surface area (Å²) in [5, 5.41) is 0. The van der Waals surface area contributed by atoms with Crippen LogP contribution in [0.3, 0.4) is 0 Å². The largest absolute Gasteiger partial charge is 0.316 e. The van der Waals surface area contributed by atoms with Crippen LogP contribution in [0.15, 0.2) is 67.1 Å². The van der Waals surface area contributed by atoms with Crippen molar-refractivity contribution < 1.29 is 13.8 Å². The van der Waals surface area contributed by atoms with E-state index in [0.29, 0.717) is 6.42 Å². The number of carbonyl (C=O) groups excluding carboxylic acids is 1. The molecule has 0 aliphatic heterocycles. The monoisotopic (exact) mass is 389 g/mol. The number of rotatable bonds is 4. The Balaban J connectivity index is 1.80. The molecule has 0 spiro atoms. The first-order valence-corrected chi connectivity index (χ1v) is 9.38. The lowest BCUT2D eigenvalue weighted by atomic mass is 10.1. The van der Waals surface area contributed by atoms with Crippen LogP contribution < -0.4 is 9.47 Å². The van der Waals surface area contributed by atoms with Crippen molar-refractivity contribution >= 4 is 17.2 Å². The Morgan fingerprint density at radius 1 is 1.21 bits per heavy atom. The first-order chi connectivity index (χ1) is 13.9. The van der Waals surface area contributed by atoms with Gasteiger partial charge in [0.05, 0.1) is 13.2 Å². The first kappa shape index (κ1) is 18.8. The summed E-state index contributed by atoms with van der Waals surface area (Å²) in [7, 11) is 3.74. The number of anilines is 1. The quantitative estimate of drug-likeness (QED) is 0.501. The summed E-state index contributed by atoms with van der Waals surface area (Å²) in [6, 6.07) is 14.5. The molecule has 146 valence electrons. The van der Waals surface area contributed by atoms with E-state index in [2.05, 4.69) is 9.38 Å². The van der Waals surface area contributed by atoms with E-state index < -0.39 is 0 Å². The van der Waals surface area contributed by atoms with Gasteiger partial charge in [0.2, 0.25) is 5.91 Å². The second kappa shape index (κ2) is 7.47. The molecule has 0 radical (unpaired) electrons. The number of benzene rings is 2. The normalized spacial score (nSPS) is 11.0. The summed E-state index contributed by atoms with van der Waals surface area (Å²) in [6.45, 7) is 1.55. The molecular weight excluding hydrogens is 367 g/mol. The molecule has 0 saturated heterocycles. The van der Waals surface area contributed by atoms with Crippen molar-refractivity contribution in [3.05, 3.63) is 84.2 Å². The van der Waals surface area contributed by atoms with E-state index in [-0.39, 0.29) is 11.7 Å². The molecule has 0 saturated carbocycles. The van der Waals surface area contributed by atoms with Crippen LogP contribution in [0.2, 0.25) is 0 Å². The van der Waals surface area contributed by atoms with E-state index in [1.165, 1.54) is 12.1 Å². The zero-order chi connectivity index (χ0) is 20.5. The van der Waals surface area contributed by atoms with Gasteiger partial charge in [-0.25, -0.2) is 13.9 Å². The lowest BCUT2D eigenvalue weighted by Crippen LogP contribution is -2.27. The van der Waals surface area contributed by atoms with Gasteiger partial charge < -0.3 is 4.90 Å². The Kier molecular flexibility index (Phi) is 4.84. The summed E-state index contributed by atoms with van der Waals surface area (Å²) in [4.78, 5) is 17.9. The number of carbonyl (C=O) groups is 1. The highest BCUT2D eigenvalue weighted by Crippen LogP contribution is 2.25. The van der Waals surface area contributed by atoms with Crippen LogP contribution in [0.25, 0.3) is 16.9 Å². The lowest BCUT2D eigenvalue weighted by molar-refractivity contribution is -0.644. The summed E-state index contributed by atoms with van der Waals surface area (Å²) in [5.74, 6) is -0.268. The number of halogens is 1. The molecule has 0 unspecified atom stereocenters. The molecule has 0 atom stereocenters. The predicted octanol–water partition coefficient (Wildman–Crippen LogP) is 3.54. The molecule has 0 N–H and O–H groups in total. The van der Waals surface area contributed by atoms with E-state index in [0.717, 1.165) is 33.8 Å². The molecule has 5 nitrogen and oxygen atoms in total. The van der Waals surface area contributed by atoms with Gasteiger partial charge in [-0.05, 0) is 29.8 Å². The van der Waals surface area contributed by atoms with Gasteiger partial charge in [0, 0.05) is 31.6 Å². The molecule has 4 rings (SSSR count). The van der Waals surface area contributed by atoms with E-state index in [9.17, 15) is 9.18 Å². The van der Waals surface area contributed by atoms with Gasteiger partial charge in [0.1, 0.15) is 23.9 Å². The van der Waals surface area contributed by atoms with Crippen LogP contribution >= 0.6 is 0 Å². The zero-order valence-corrected chi connectivity index (χ0v) is 16.6. The maximum atomic E-state index is 13.6. The van der Waals surface area contributed by atoms with Gasteiger partial charge in [-0.2, -0.15) is 4.40 Å². The predicted molar refractivity (Wildman–Crippen MR) is 110 cm³/mol. The minimum Gasteiger partial charge on any atom is -0.316 e. The minimum absolute atomic E-state index is 0.0192. The van der Waals surface area contributed by atoms with Crippen molar-refractivity contribution in [2.24, 2.45) is 7.05 Å². The number of aromatic nitrogens is 3. The van der Waals surface area contributed by atoms with E-state index in [1.807, 2.05) is 54.3 Å². The molecule has 29 heavy (non-hydrogen) atoms. The SMILES string of the molecule is CC(=O)N(C)c1cccc(-c2c[n+](C)c3c(Cc4cccc(F)c4)nccn23)c1. The maximum Gasteiger partial charge on any atom is 0.308 e. The number of fused-ring (bicyclic) bond motifs is 1. The fraction of sp³-hybridized carbons (Fsp3) is 0.174. The molecule has 2 aromatic carbocycles. The molecule has 0 fully saturated rings. The molecule has 0 bridgehead atoms. The maximum absolute atomic E-state index is 13.6. The lowest BCUT2D eigenvalue weighted by Gasteiger charge is -2.15. The zero-order valence-electron chi connectivity index (χ0n) is 16.6. The number of aryl methyl sites for hydroxylation is 1. The van der Waals surface area contributed by atoms with Crippen LogP contribution in [0, 0.1) is 5.82 Å². The third-order valence-corrected chi connectivity index (χ3v) is 5.10. The van der Waals surface area contributed by atoms with Crippen LogP contribution in [0.4, 0.5) is 10.1 Å². The van der Waals surface area contributed by atoms with Crippen LogP contribution in [-0.4, -0.2) is 22.3 Å². The van der Waals surface area contributed by atoms with Gasteiger partial charge in [-0.1, -0.05) is 24.3 Å². The Bertz CT molecular complexity index is 1210. The van der Waals surface area contributed by atoms with Crippen molar-refractivity contribution in [3.63, 3.8) is 0 Å². The highest BCUT2D eigenvalue weighted by Gasteiger charge is 2.21. The fourth-order valence-corrected chi connectivity index (χ4v) is 3.57. The summed E-state index contributed by atoms with van der Waals surface area (Å²) >= 11 is 0. The number of imidazole rings is 1. The van der Waals surface area contributed by atoms with Gasteiger partial charge in [-0.3, -0.25) is 4.79 Å². The first-order valence-electron chi connectivity index (χ1n) is 9.38. The average Bonchev–Trinajstić information content (AvgIpc) is 3.05. The van der Waals surface area contributed by atoms with Crippen molar-refractivity contribution in [2.45, 2.75) is 13.3 Å². The molecule has 2 aromatic heterocycles.